The molecule has 0 amide bonds. The fourth-order valence-electron chi connectivity index (χ4n) is 1.46. The summed E-state index contributed by atoms with van der Waals surface area (Å²) in [5.74, 6) is 0.197. The third kappa shape index (κ3) is 1.76. The molecule has 1 unspecified atom stereocenters. The second-order valence-corrected chi connectivity index (χ2v) is 3.37. The van der Waals surface area contributed by atoms with E-state index in [0.29, 0.717) is 16.9 Å². The molecule has 2 rings (SSSR count). The third-order valence-corrected chi connectivity index (χ3v) is 2.18. The van der Waals surface area contributed by atoms with Crippen LogP contribution in [0.5, 0.6) is 0 Å². The SMILES string of the molecule is CC(N)c1oncc1-c1ccccc1F. The molecule has 0 aliphatic carbocycles. The van der Waals surface area contributed by atoms with Crippen molar-refractivity contribution in [2.24, 2.45) is 5.73 Å². The van der Waals surface area contributed by atoms with Gasteiger partial charge in [0.15, 0.2) is 5.76 Å². The summed E-state index contributed by atoms with van der Waals surface area (Å²) in [6.45, 7) is 1.77. The Balaban J connectivity index is 2.55. The number of nitrogens with two attached hydrogens (primary N) is 1. The maximum atomic E-state index is 13.5. The number of halogens is 1. The van der Waals surface area contributed by atoms with Crippen molar-refractivity contribution in [3.63, 3.8) is 0 Å². The van der Waals surface area contributed by atoms with Crippen LogP contribution in [0.25, 0.3) is 11.1 Å². The molecule has 0 aliphatic rings. The van der Waals surface area contributed by atoms with Crippen LogP contribution in [0.2, 0.25) is 0 Å². The highest BCUT2D eigenvalue weighted by atomic mass is 19.1. The van der Waals surface area contributed by atoms with E-state index in [0.717, 1.165) is 0 Å². The lowest BCUT2D eigenvalue weighted by Crippen LogP contribution is -2.05. The Morgan fingerprint density at radius 3 is 2.73 bits per heavy atom. The van der Waals surface area contributed by atoms with Crippen LogP contribution in [0.15, 0.2) is 35.0 Å². The van der Waals surface area contributed by atoms with Crippen LogP contribution >= 0.6 is 0 Å². The smallest absolute Gasteiger partial charge is 0.160 e. The van der Waals surface area contributed by atoms with Gasteiger partial charge in [0.25, 0.3) is 0 Å². The predicted octanol–water partition coefficient (Wildman–Crippen LogP) is 2.50. The average Bonchev–Trinajstić information content (AvgIpc) is 2.67. The maximum absolute atomic E-state index is 13.5. The van der Waals surface area contributed by atoms with Gasteiger partial charge in [0.2, 0.25) is 0 Å². The summed E-state index contributed by atoms with van der Waals surface area (Å²) < 4.78 is 18.5. The van der Waals surface area contributed by atoms with Crippen molar-refractivity contribution in [1.29, 1.82) is 0 Å². The first-order valence-electron chi connectivity index (χ1n) is 4.65. The molecule has 2 N–H and O–H groups in total. The van der Waals surface area contributed by atoms with E-state index in [1.54, 1.807) is 25.1 Å². The fourth-order valence-corrected chi connectivity index (χ4v) is 1.46. The number of aromatic nitrogens is 1. The molecule has 1 aromatic heterocycles. The molecule has 1 atom stereocenters. The van der Waals surface area contributed by atoms with E-state index in [4.69, 9.17) is 10.3 Å². The van der Waals surface area contributed by atoms with Gasteiger partial charge in [0, 0.05) is 11.1 Å². The van der Waals surface area contributed by atoms with Gasteiger partial charge in [-0.05, 0) is 13.0 Å². The average molecular weight is 206 g/mol. The van der Waals surface area contributed by atoms with E-state index in [-0.39, 0.29) is 11.9 Å². The van der Waals surface area contributed by atoms with Gasteiger partial charge in [-0.25, -0.2) is 4.39 Å². The summed E-state index contributed by atoms with van der Waals surface area (Å²) in [6.07, 6.45) is 1.48. The molecule has 0 radical (unpaired) electrons. The predicted molar refractivity (Wildman–Crippen MR) is 54.5 cm³/mol. The van der Waals surface area contributed by atoms with Crippen molar-refractivity contribution >= 4 is 0 Å². The van der Waals surface area contributed by atoms with Gasteiger partial charge in [0.05, 0.1) is 12.2 Å². The molecule has 0 saturated heterocycles. The zero-order chi connectivity index (χ0) is 10.8. The maximum Gasteiger partial charge on any atom is 0.160 e. The van der Waals surface area contributed by atoms with Crippen LogP contribution in [0, 0.1) is 5.82 Å². The van der Waals surface area contributed by atoms with E-state index in [9.17, 15) is 4.39 Å². The second-order valence-electron chi connectivity index (χ2n) is 3.37. The Morgan fingerprint density at radius 2 is 2.07 bits per heavy atom. The second kappa shape index (κ2) is 3.82. The Hall–Kier alpha value is -1.68. The van der Waals surface area contributed by atoms with Gasteiger partial charge in [0.1, 0.15) is 5.82 Å². The van der Waals surface area contributed by atoms with E-state index < -0.39 is 0 Å². The van der Waals surface area contributed by atoms with Crippen molar-refractivity contribution < 1.29 is 8.91 Å². The molecule has 0 saturated carbocycles. The third-order valence-electron chi connectivity index (χ3n) is 2.18. The molecule has 1 aromatic carbocycles. The first-order valence-corrected chi connectivity index (χ1v) is 4.65. The van der Waals surface area contributed by atoms with Crippen LogP contribution in [0.3, 0.4) is 0 Å². The molecule has 3 nitrogen and oxygen atoms in total. The zero-order valence-electron chi connectivity index (χ0n) is 8.27. The molecule has 0 spiro atoms. The van der Waals surface area contributed by atoms with Crippen molar-refractivity contribution in [2.75, 3.05) is 0 Å². The first-order chi connectivity index (χ1) is 7.20. The summed E-state index contributed by atoms with van der Waals surface area (Å²) in [5, 5.41) is 3.64. The highest BCUT2D eigenvalue weighted by Crippen LogP contribution is 2.28. The Kier molecular flexibility index (Phi) is 2.51. The number of hydrogen-bond donors (Lipinski definition) is 1. The Labute approximate surface area is 86.7 Å². The van der Waals surface area contributed by atoms with Crippen LogP contribution in [0.1, 0.15) is 18.7 Å². The van der Waals surface area contributed by atoms with Crippen molar-refractivity contribution in [3.05, 3.63) is 42.0 Å². The molecule has 0 bridgehead atoms. The van der Waals surface area contributed by atoms with Crippen LogP contribution in [-0.2, 0) is 0 Å². The number of hydrogen-bond acceptors (Lipinski definition) is 3. The largest absolute Gasteiger partial charge is 0.359 e. The van der Waals surface area contributed by atoms with E-state index >= 15 is 0 Å². The first kappa shape index (κ1) is 9.86. The molecule has 4 heteroatoms. The molecule has 0 aliphatic heterocycles. The monoisotopic (exact) mass is 206 g/mol. The standard InChI is InChI=1S/C11H11FN2O/c1-7(13)11-9(6-14-15-11)8-4-2-3-5-10(8)12/h2-7H,13H2,1H3. The Morgan fingerprint density at radius 1 is 1.33 bits per heavy atom. The van der Waals surface area contributed by atoms with Gasteiger partial charge in [-0.2, -0.15) is 0 Å². The van der Waals surface area contributed by atoms with Gasteiger partial charge < -0.3 is 10.3 Å². The topological polar surface area (TPSA) is 52.0 Å². The molecular formula is C11H11FN2O. The summed E-state index contributed by atoms with van der Waals surface area (Å²) in [6, 6.07) is 6.16. The summed E-state index contributed by atoms with van der Waals surface area (Å²) >= 11 is 0. The molecule has 1 heterocycles. The highest BCUT2D eigenvalue weighted by molar-refractivity contribution is 5.65. The lowest BCUT2D eigenvalue weighted by Gasteiger charge is -2.04. The van der Waals surface area contributed by atoms with E-state index in [1.165, 1.54) is 12.3 Å². The minimum atomic E-state index is -0.304. The minimum absolute atomic E-state index is 0.303. The lowest BCUT2D eigenvalue weighted by molar-refractivity contribution is 0.368. The summed E-state index contributed by atoms with van der Waals surface area (Å²) in [7, 11) is 0. The fraction of sp³-hybridized carbons (Fsp3) is 0.182. The summed E-state index contributed by atoms with van der Waals surface area (Å²) in [5.41, 5.74) is 6.77. The van der Waals surface area contributed by atoms with Gasteiger partial charge in [-0.15, -0.1) is 0 Å². The molecule has 15 heavy (non-hydrogen) atoms. The normalized spacial score (nSPS) is 12.7. The number of benzene rings is 1. The number of nitrogens with zero attached hydrogens (tertiary/aromatic N) is 1. The molecule has 78 valence electrons. The van der Waals surface area contributed by atoms with Crippen molar-refractivity contribution in [1.82, 2.24) is 5.16 Å². The summed E-state index contributed by atoms with van der Waals surface area (Å²) in [4.78, 5) is 0. The van der Waals surface area contributed by atoms with Crippen LogP contribution < -0.4 is 5.73 Å². The number of rotatable bonds is 2. The Bertz CT molecular complexity index is 465. The van der Waals surface area contributed by atoms with Crippen LogP contribution in [-0.4, -0.2) is 5.16 Å². The van der Waals surface area contributed by atoms with Gasteiger partial charge in [-0.3, -0.25) is 0 Å². The van der Waals surface area contributed by atoms with Crippen molar-refractivity contribution in [2.45, 2.75) is 13.0 Å². The molecule has 0 fully saturated rings. The quantitative estimate of drug-likeness (QED) is 0.821. The molecule has 2 aromatic rings. The zero-order valence-corrected chi connectivity index (χ0v) is 8.27. The molecular weight excluding hydrogens is 195 g/mol. The van der Waals surface area contributed by atoms with Gasteiger partial charge >= 0.3 is 0 Å². The van der Waals surface area contributed by atoms with E-state index in [2.05, 4.69) is 5.16 Å². The van der Waals surface area contributed by atoms with Crippen LogP contribution in [0.4, 0.5) is 4.39 Å². The van der Waals surface area contributed by atoms with Crippen molar-refractivity contribution in [3.8, 4) is 11.1 Å². The van der Waals surface area contributed by atoms with E-state index in [1.807, 2.05) is 0 Å². The highest BCUT2D eigenvalue weighted by Gasteiger charge is 2.16. The minimum Gasteiger partial charge on any atom is -0.359 e. The lowest BCUT2D eigenvalue weighted by atomic mass is 10.0. The van der Waals surface area contributed by atoms with Gasteiger partial charge in [-0.1, -0.05) is 23.4 Å².